The van der Waals surface area contributed by atoms with Gasteiger partial charge < -0.3 is 20.1 Å². The molecule has 2 N–H and O–H groups in total. The van der Waals surface area contributed by atoms with Gasteiger partial charge in [0.15, 0.2) is 0 Å². The van der Waals surface area contributed by atoms with Crippen LogP contribution in [0.1, 0.15) is 12.5 Å². The van der Waals surface area contributed by atoms with Gasteiger partial charge in [-0.25, -0.2) is 0 Å². The van der Waals surface area contributed by atoms with Crippen molar-refractivity contribution in [2.45, 2.75) is 19.9 Å². The van der Waals surface area contributed by atoms with E-state index in [-0.39, 0.29) is 17.3 Å². The van der Waals surface area contributed by atoms with Crippen molar-refractivity contribution in [1.82, 2.24) is 0 Å². The van der Waals surface area contributed by atoms with Crippen molar-refractivity contribution in [1.29, 1.82) is 0 Å². The van der Waals surface area contributed by atoms with Crippen molar-refractivity contribution in [2.24, 2.45) is 0 Å². The lowest BCUT2D eigenvalue weighted by Gasteiger charge is -2.18. The Hall–Kier alpha value is -3.29. The molecule has 0 aromatic heterocycles. The molecule has 0 saturated heterocycles. The van der Waals surface area contributed by atoms with Crippen molar-refractivity contribution >= 4 is 23.0 Å². The lowest BCUT2D eigenvalue weighted by atomic mass is 10.2. The summed E-state index contributed by atoms with van der Waals surface area (Å²) in [4.78, 5) is 22.9. The molecule has 0 aliphatic carbocycles. The maximum Gasteiger partial charge on any atom is 0.271 e. The molecular weight excluding hydrogens is 338 g/mol. The molecule has 8 nitrogen and oxygen atoms in total. The predicted octanol–water partition coefficient (Wildman–Crippen LogP) is 3.36. The third-order valence-electron chi connectivity index (χ3n) is 3.77. The largest absolute Gasteiger partial charge is 0.495 e. The molecule has 0 fully saturated rings. The summed E-state index contributed by atoms with van der Waals surface area (Å²) in [5.74, 6) is 0.583. The number of nitrogens with zero attached hydrogens (tertiary/aromatic N) is 1. The smallest absolute Gasteiger partial charge is 0.271 e. The number of aryl methyl sites for hydroxylation is 1. The quantitative estimate of drug-likeness (QED) is 0.580. The number of carbonyl (C=O) groups excluding carboxylic acids is 1. The minimum Gasteiger partial charge on any atom is -0.495 e. The van der Waals surface area contributed by atoms with E-state index in [0.717, 1.165) is 5.56 Å². The number of nitro benzene ring substituents is 1. The molecule has 26 heavy (non-hydrogen) atoms. The van der Waals surface area contributed by atoms with Crippen LogP contribution in [0.5, 0.6) is 11.5 Å². The number of ether oxygens (including phenoxy) is 2. The molecule has 0 heterocycles. The molecule has 0 bridgehead atoms. The van der Waals surface area contributed by atoms with Crippen LogP contribution < -0.4 is 20.1 Å². The van der Waals surface area contributed by atoms with Gasteiger partial charge in [-0.1, -0.05) is 6.07 Å². The Morgan fingerprint density at radius 2 is 1.69 bits per heavy atom. The van der Waals surface area contributed by atoms with E-state index in [4.69, 9.17) is 9.47 Å². The number of methoxy groups -OCH3 is 2. The maximum absolute atomic E-state index is 12.5. The van der Waals surface area contributed by atoms with Crippen LogP contribution in [0.25, 0.3) is 0 Å². The average molecular weight is 359 g/mol. The number of hydrogen-bond acceptors (Lipinski definition) is 6. The van der Waals surface area contributed by atoms with Crippen molar-refractivity contribution in [3.8, 4) is 11.5 Å². The number of benzene rings is 2. The van der Waals surface area contributed by atoms with Gasteiger partial charge in [-0.3, -0.25) is 14.9 Å². The number of hydrogen-bond donors (Lipinski definition) is 2. The zero-order chi connectivity index (χ0) is 19.3. The van der Waals surface area contributed by atoms with Crippen molar-refractivity contribution < 1.29 is 19.2 Å². The first-order valence-corrected chi connectivity index (χ1v) is 7.90. The molecule has 2 aromatic rings. The van der Waals surface area contributed by atoms with Crippen LogP contribution in [0.15, 0.2) is 36.4 Å². The topological polar surface area (TPSA) is 103 Å². The molecule has 1 atom stereocenters. The van der Waals surface area contributed by atoms with Gasteiger partial charge in [0.05, 0.1) is 30.5 Å². The summed E-state index contributed by atoms with van der Waals surface area (Å²) in [5.41, 5.74) is 1.79. The van der Waals surface area contributed by atoms with Crippen LogP contribution in [0.2, 0.25) is 0 Å². The van der Waals surface area contributed by atoms with Crippen molar-refractivity contribution in [2.75, 3.05) is 24.9 Å². The van der Waals surface area contributed by atoms with E-state index >= 15 is 0 Å². The molecule has 0 aliphatic rings. The fourth-order valence-electron chi connectivity index (χ4n) is 2.38. The highest BCUT2D eigenvalue weighted by Crippen LogP contribution is 2.30. The zero-order valence-electron chi connectivity index (χ0n) is 15.0. The van der Waals surface area contributed by atoms with Gasteiger partial charge in [-0.2, -0.15) is 0 Å². The van der Waals surface area contributed by atoms with Gasteiger partial charge >= 0.3 is 0 Å². The lowest BCUT2D eigenvalue weighted by molar-refractivity contribution is -0.384. The van der Waals surface area contributed by atoms with Gasteiger partial charge in [0.25, 0.3) is 5.69 Å². The highest BCUT2D eigenvalue weighted by molar-refractivity contribution is 5.98. The molecule has 0 aliphatic heterocycles. The summed E-state index contributed by atoms with van der Waals surface area (Å²) in [7, 11) is 2.98. The first-order valence-electron chi connectivity index (χ1n) is 7.90. The molecule has 2 aromatic carbocycles. The van der Waals surface area contributed by atoms with Gasteiger partial charge in [-0.05, 0) is 37.6 Å². The van der Waals surface area contributed by atoms with Gasteiger partial charge in [0.1, 0.15) is 17.5 Å². The van der Waals surface area contributed by atoms with E-state index in [0.29, 0.717) is 17.2 Å². The van der Waals surface area contributed by atoms with Gasteiger partial charge in [0, 0.05) is 12.1 Å². The second-order valence-corrected chi connectivity index (χ2v) is 5.70. The van der Waals surface area contributed by atoms with E-state index in [9.17, 15) is 14.9 Å². The van der Waals surface area contributed by atoms with Crippen LogP contribution in [0, 0.1) is 17.0 Å². The number of nitro groups is 1. The first-order chi connectivity index (χ1) is 12.3. The highest BCUT2D eigenvalue weighted by Gasteiger charge is 2.18. The summed E-state index contributed by atoms with van der Waals surface area (Å²) < 4.78 is 10.4. The lowest BCUT2D eigenvalue weighted by Crippen LogP contribution is -2.32. The molecular formula is C18H21N3O5. The summed E-state index contributed by atoms with van der Waals surface area (Å²) in [6, 6.07) is 8.99. The molecule has 138 valence electrons. The van der Waals surface area contributed by atoms with Gasteiger partial charge in [-0.15, -0.1) is 0 Å². The molecule has 1 unspecified atom stereocenters. The Kier molecular flexibility index (Phi) is 6.00. The number of anilines is 2. The summed E-state index contributed by atoms with van der Waals surface area (Å²) in [6.45, 7) is 3.62. The maximum atomic E-state index is 12.5. The Morgan fingerprint density at radius 3 is 2.31 bits per heavy atom. The summed E-state index contributed by atoms with van der Waals surface area (Å²) >= 11 is 0. The minimum atomic E-state index is -0.616. The minimum absolute atomic E-state index is 0.137. The molecule has 8 heteroatoms. The predicted molar refractivity (Wildman–Crippen MR) is 99.1 cm³/mol. The number of nitrogens with one attached hydrogen (secondary N) is 2. The van der Waals surface area contributed by atoms with Crippen LogP contribution in [0.3, 0.4) is 0 Å². The first kappa shape index (κ1) is 19.0. The second kappa shape index (κ2) is 8.19. The number of amides is 1. The Morgan fingerprint density at radius 1 is 1.08 bits per heavy atom. The van der Waals surface area contributed by atoms with Crippen LogP contribution in [0.4, 0.5) is 17.1 Å². The van der Waals surface area contributed by atoms with E-state index in [1.807, 2.05) is 25.1 Å². The molecule has 0 spiro atoms. The standard InChI is InChI=1S/C18H21N3O5/c1-11-5-7-16(25-3)14(9-11)19-12(2)18(22)20-15-10-13(21(23)24)6-8-17(15)26-4/h5-10,12,19H,1-4H3,(H,20,22). The van der Waals surface area contributed by atoms with E-state index in [2.05, 4.69) is 10.6 Å². The second-order valence-electron chi connectivity index (χ2n) is 5.70. The van der Waals surface area contributed by atoms with Crippen LogP contribution in [-0.4, -0.2) is 31.1 Å². The molecule has 0 radical (unpaired) electrons. The van der Waals surface area contributed by atoms with Crippen LogP contribution in [-0.2, 0) is 4.79 Å². The summed E-state index contributed by atoms with van der Waals surface area (Å²) in [6.07, 6.45) is 0. The van der Waals surface area contributed by atoms with Gasteiger partial charge in [0.2, 0.25) is 5.91 Å². The SMILES string of the molecule is COc1ccc([N+](=O)[O-])cc1NC(=O)C(C)Nc1cc(C)ccc1OC. The van der Waals surface area contributed by atoms with E-state index in [1.165, 1.54) is 25.3 Å². The number of rotatable bonds is 7. The fourth-order valence-corrected chi connectivity index (χ4v) is 2.38. The third kappa shape index (κ3) is 4.41. The Balaban J connectivity index is 2.18. The molecule has 1 amide bonds. The monoisotopic (exact) mass is 359 g/mol. The van der Waals surface area contributed by atoms with E-state index < -0.39 is 11.0 Å². The van der Waals surface area contributed by atoms with E-state index in [1.54, 1.807) is 14.0 Å². The Labute approximate surface area is 151 Å². The van der Waals surface area contributed by atoms with Crippen molar-refractivity contribution in [3.05, 3.63) is 52.1 Å². The normalized spacial score (nSPS) is 11.4. The Bertz CT molecular complexity index is 822. The van der Waals surface area contributed by atoms with Crippen molar-refractivity contribution in [3.63, 3.8) is 0 Å². The number of carbonyl (C=O) groups is 1. The van der Waals surface area contributed by atoms with Crippen LogP contribution >= 0.6 is 0 Å². The zero-order valence-corrected chi connectivity index (χ0v) is 15.0. The summed E-state index contributed by atoms with van der Waals surface area (Å²) in [5, 5.41) is 16.7. The third-order valence-corrected chi connectivity index (χ3v) is 3.77. The average Bonchev–Trinajstić information content (AvgIpc) is 2.61. The molecule has 2 rings (SSSR count). The fraction of sp³-hybridized carbons (Fsp3) is 0.278. The molecule has 0 saturated carbocycles. The highest BCUT2D eigenvalue weighted by atomic mass is 16.6. The number of non-ortho nitro benzene ring substituents is 1.